The van der Waals surface area contributed by atoms with Crippen molar-refractivity contribution in [2.75, 3.05) is 10.6 Å². The molecule has 0 saturated carbocycles. The molecule has 0 bridgehead atoms. The zero-order chi connectivity index (χ0) is 17.8. The van der Waals surface area contributed by atoms with Crippen molar-refractivity contribution in [3.8, 4) is 11.5 Å². The summed E-state index contributed by atoms with van der Waals surface area (Å²) in [5.41, 5.74) is 8.37. The second-order valence-electron chi connectivity index (χ2n) is 5.56. The van der Waals surface area contributed by atoms with Gasteiger partial charge in [0.15, 0.2) is 11.6 Å². The van der Waals surface area contributed by atoms with Gasteiger partial charge in [-0.05, 0) is 35.9 Å². The van der Waals surface area contributed by atoms with Crippen LogP contribution in [0.1, 0.15) is 5.56 Å². The van der Waals surface area contributed by atoms with Gasteiger partial charge in [-0.1, -0.05) is 12.1 Å². The molecule has 4 aromatic rings. The molecule has 0 saturated heterocycles. The third kappa shape index (κ3) is 3.55. The van der Waals surface area contributed by atoms with E-state index in [4.69, 9.17) is 10.2 Å². The van der Waals surface area contributed by atoms with E-state index in [-0.39, 0.29) is 0 Å². The largest absolute Gasteiger partial charge is 0.463 e. The average molecular weight is 347 g/mol. The van der Waals surface area contributed by atoms with E-state index in [1.54, 1.807) is 18.5 Å². The van der Waals surface area contributed by atoms with Gasteiger partial charge in [0.25, 0.3) is 0 Å². The van der Waals surface area contributed by atoms with Gasteiger partial charge in [-0.25, -0.2) is 4.98 Å². The summed E-state index contributed by atoms with van der Waals surface area (Å²) in [6.45, 7) is 0.481. The minimum Gasteiger partial charge on any atom is -0.463 e. The third-order valence-electron chi connectivity index (χ3n) is 3.70. The normalized spacial score (nSPS) is 10.7. The lowest BCUT2D eigenvalue weighted by atomic mass is 10.2. The average Bonchev–Trinajstić information content (AvgIpc) is 3.34. The highest BCUT2D eigenvalue weighted by molar-refractivity contribution is 5.62. The Morgan fingerprint density at radius 1 is 1.04 bits per heavy atom. The summed E-state index contributed by atoms with van der Waals surface area (Å²) in [6.07, 6.45) is 3.29. The summed E-state index contributed by atoms with van der Waals surface area (Å²) in [4.78, 5) is 8.69. The fourth-order valence-corrected chi connectivity index (χ4v) is 2.47. The first kappa shape index (κ1) is 15.9. The first-order chi connectivity index (χ1) is 12.8. The topological polar surface area (TPSA) is 118 Å². The van der Waals surface area contributed by atoms with Gasteiger partial charge < -0.3 is 20.8 Å². The number of H-pyrrole nitrogens is 1. The molecule has 4 rings (SSSR count). The molecule has 0 fully saturated rings. The van der Waals surface area contributed by atoms with E-state index >= 15 is 0 Å². The molecule has 0 radical (unpaired) electrons. The molecule has 1 aromatic carbocycles. The molecule has 0 spiro atoms. The van der Waals surface area contributed by atoms with Crippen molar-refractivity contribution in [1.82, 2.24) is 20.2 Å². The smallest absolute Gasteiger partial charge is 0.229 e. The Kier molecular flexibility index (Phi) is 4.31. The van der Waals surface area contributed by atoms with Crippen LogP contribution in [-0.2, 0) is 6.54 Å². The molecule has 0 aliphatic rings. The van der Waals surface area contributed by atoms with Crippen LogP contribution in [0.3, 0.4) is 0 Å². The van der Waals surface area contributed by atoms with E-state index < -0.39 is 0 Å². The monoisotopic (exact) mass is 347 g/mol. The van der Waals surface area contributed by atoms with E-state index in [0.29, 0.717) is 24.1 Å². The number of hydrogen-bond acceptors (Lipinski definition) is 7. The Hall–Kier alpha value is -3.65. The van der Waals surface area contributed by atoms with E-state index in [1.807, 2.05) is 42.5 Å². The van der Waals surface area contributed by atoms with Crippen LogP contribution in [-0.4, -0.2) is 20.2 Å². The van der Waals surface area contributed by atoms with E-state index in [2.05, 4.69) is 30.8 Å². The highest BCUT2D eigenvalue weighted by Crippen LogP contribution is 2.22. The Labute approximate surface area is 149 Å². The van der Waals surface area contributed by atoms with Gasteiger partial charge in [-0.3, -0.25) is 5.10 Å². The summed E-state index contributed by atoms with van der Waals surface area (Å²) in [5.74, 6) is 2.45. The molecule has 0 aliphatic heterocycles. The quantitative estimate of drug-likeness (QED) is 0.422. The standard InChI is InChI=1S/C18H17N7O/c19-11-12-3-1-4-13(9-12)21-18-20-7-6-16(23-18)22-17-10-14(24-25-17)15-5-2-8-26-15/h1-10H,11,19H2,(H3,20,21,22,23,24,25). The Bertz CT molecular complexity index is 994. The fraction of sp³-hybridized carbons (Fsp3) is 0.0556. The summed E-state index contributed by atoms with van der Waals surface area (Å²) in [6, 6.07) is 15.1. The van der Waals surface area contributed by atoms with E-state index in [0.717, 1.165) is 22.7 Å². The summed E-state index contributed by atoms with van der Waals surface area (Å²) < 4.78 is 5.34. The van der Waals surface area contributed by atoms with Gasteiger partial charge >= 0.3 is 0 Å². The Morgan fingerprint density at radius 2 is 2.00 bits per heavy atom. The number of rotatable bonds is 6. The van der Waals surface area contributed by atoms with Crippen LogP contribution in [0.2, 0.25) is 0 Å². The number of furan rings is 1. The SMILES string of the molecule is NCc1cccc(Nc2nccc(Nc3cc(-c4ccco4)[nH]n3)n2)c1. The molecule has 8 nitrogen and oxygen atoms in total. The minimum absolute atomic E-state index is 0.478. The maximum Gasteiger partial charge on any atom is 0.229 e. The van der Waals surface area contributed by atoms with Crippen molar-refractivity contribution in [3.05, 3.63) is 66.6 Å². The van der Waals surface area contributed by atoms with Crippen molar-refractivity contribution in [1.29, 1.82) is 0 Å². The van der Waals surface area contributed by atoms with Gasteiger partial charge in [0.05, 0.1) is 6.26 Å². The highest BCUT2D eigenvalue weighted by atomic mass is 16.3. The lowest BCUT2D eigenvalue weighted by Gasteiger charge is -2.08. The fourth-order valence-electron chi connectivity index (χ4n) is 2.47. The van der Waals surface area contributed by atoms with Crippen molar-refractivity contribution in [2.45, 2.75) is 6.54 Å². The maximum atomic E-state index is 5.67. The first-order valence-corrected chi connectivity index (χ1v) is 8.05. The molecule has 5 N–H and O–H groups in total. The zero-order valence-corrected chi connectivity index (χ0v) is 13.8. The molecule has 0 amide bonds. The molecular weight excluding hydrogens is 330 g/mol. The lowest BCUT2D eigenvalue weighted by molar-refractivity contribution is 0.580. The van der Waals surface area contributed by atoms with Crippen LogP contribution in [0, 0.1) is 0 Å². The highest BCUT2D eigenvalue weighted by Gasteiger charge is 2.07. The molecule has 3 heterocycles. The lowest BCUT2D eigenvalue weighted by Crippen LogP contribution is -2.02. The molecule has 0 aliphatic carbocycles. The predicted octanol–water partition coefficient (Wildman–Crippen LogP) is 3.41. The summed E-state index contributed by atoms with van der Waals surface area (Å²) in [5, 5.41) is 13.4. The molecule has 8 heteroatoms. The van der Waals surface area contributed by atoms with Gasteiger partial charge in [-0.2, -0.15) is 10.1 Å². The second kappa shape index (κ2) is 7.08. The van der Waals surface area contributed by atoms with Crippen LogP contribution in [0.4, 0.5) is 23.3 Å². The van der Waals surface area contributed by atoms with Crippen molar-refractivity contribution in [3.63, 3.8) is 0 Å². The number of nitrogens with two attached hydrogens (primary N) is 1. The van der Waals surface area contributed by atoms with E-state index in [1.165, 1.54) is 0 Å². The number of nitrogens with one attached hydrogen (secondary N) is 3. The molecule has 26 heavy (non-hydrogen) atoms. The molecular formula is C18H17N7O. The van der Waals surface area contributed by atoms with Crippen LogP contribution in [0.5, 0.6) is 0 Å². The minimum atomic E-state index is 0.478. The molecule has 130 valence electrons. The van der Waals surface area contributed by atoms with Gasteiger partial charge in [0, 0.05) is 24.5 Å². The van der Waals surface area contributed by atoms with E-state index in [9.17, 15) is 0 Å². The zero-order valence-electron chi connectivity index (χ0n) is 13.8. The second-order valence-corrected chi connectivity index (χ2v) is 5.56. The van der Waals surface area contributed by atoms with Crippen molar-refractivity contribution < 1.29 is 4.42 Å². The van der Waals surface area contributed by atoms with Crippen molar-refractivity contribution in [2.24, 2.45) is 5.73 Å². The van der Waals surface area contributed by atoms with Crippen LogP contribution >= 0.6 is 0 Å². The number of aromatic amines is 1. The number of nitrogens with zero attached hydrogens (tertiary/aromatic N) is 3. The predicted molar refractivity (Wildman–Crippen MR) is 99.2 cm³/mol. The number of benzene rings is 1. The van der Waals surface area contributed by atoms with Gasteiger partial charge in [-0.15, -0.1) is 0 Å². The first-order valence-electron chi connectivity index (χ1n) is 8.05. The van der Waals surface area contributed by atoms with Gasteiger partial charge in [0.1, 0.15) is 11.5 Å². The van der Waals surface area contributed by atoms with Crippen LogP contribution in [0.25, 0.3) is 11.5 Å². The molecule has 0 unspecified atom stereocenters. The number of hydrogen-bond donors (Lipinski definition) is 4. The Morgan fingerprint density at radius 3 is 2.85 bits per heavy atom. The number of aromatic nitrogens is 4. The Balaban J connectivity index is 1.49. The summed E-state index contributed by atoms with van der Waals surface area (Å²) >= 11 is 0. The molecule has 3 aromatic heterocycles. The third-order valence-corrected chi connectivity index (χ3v) is 3.70. The van der Waals surface area contributed by atoms with Crippen LogP contribution in [0.15, 0.2) is 65.4 Å². The van der Waals surface area contributed by atoms with Crippen molar-refractivity contribution >= 4 is 23.3 Å². The van der Waals surface area contributed by atoms with Crippen LogP contribution < -0.4 is 16.4 Å². The summed E-state index contributed by atoms with van der Waals surface area (Å²) in [7, 11) is 0. The number of anilines is 4. The maximum absolute atomic E-state index is 5.67. The van der Waals surface area contributed by atoms with Gasteiger partial charge in [0.2, 0.25) is 5.95 Å². The molecule has 0 atom stereocenters.